The summed E-state index contributed by atoms with van der Waals surface area (Å²) in [4.78, 5) is 33.8. The first-order chi connectivity index (χ1) is 19.3. The average Bonchev–Trinajstić information content (AvgIpc) is 3.45. The molecule has 1 aromatic carbocycles. The van der Waals surface area contributed by atoms with E-state index in [4.69, 9.17) is 4.74 Å². The summed E-state index contributed by atoms with van der Waals surface area (Å²) in [5.41, 5.74) is 1.17. The van der Waals surface area contributed by atoms with E-state index >= 15 is 4.39 Å². The molecule has 4 heterocycles. The van der Waals surface area contributed by atoms with Gasteiger partial charge in [0.1, 0.15) is 22.5 Å². The van der Waals surface area contributed by atoms with Crippen molar-refractivity contribution in [1.29, 1.82) is 0 Å². The van der Waals surface area contributed by atoms with E-state index in [2.05, 4.69) is 22.0 Å². The summed E-state index contributed by atoms with van der Waals surface area (Å²) >= 11 is 0. The highest BCUT2D eigenvalue weighted by Gasteiger charge is 2.35. The Morgan fingerprint density at radius 1 is 1.17 bits per heavy atom. The first-order valence-corrected chi connectivity index (χ1v) is 13.4. The van der Waals surface area contributed by atoms with Crippen molar-refractivity contribution in [1.82, 2.24) is 24.1 Å². The predicted molar refractivity (Wildman–Crippen MR) is 152 cm³/mol. The van der Waals surface area contributed by atoms with Gasteiger partial charge in [0.05, 0.1) is 29.7 Å². The number of rotatable bonds is 4. The number of amides is 2. The molecule has 0 radical (unpaired) electrons. The molecule has 4 aromatic rings. The first-order valence-electron chi connectivity index (χ1n) is 13.4. The molecule has 1 atom stereocenters. The molecule has 0 saturated carbocycles. The second kappa shape index (κ2) is 10.2. The SMILES string of the molecule is C=C1CN(c2cc(F)c(C(=O)Nc3cc(F)c4nc(C)cn4c3)c3nn(CC)cc23)C[C@@H](C)N1C(=O)OC(C)(C)C. The van der Waals surface area contributed by atoms with Crippen LogP contribution in [0, 0.1) is 18.6 Å². The van der Waals surface area contributed by atoms with E-state index in [1.165, 1.54) is 21.6 Å². The van der Waals surface area contributed by atoms with Crippen molar-refractivity contribution in [2.24, 2.45) is 0 Å². The molecule has 1 saturated heterocycles. The van der Waals surface area contributed by atoms with Gasteiger partial charge >= 0.3 is 6.09 Å². The van der Waals surface area contributed by atoms with Gasteiger partial charge in [-0.2, -0.15) is 5.10 Å². The first kappa shape index (κ1) is 28.1. The zero-order valence-electron chi connectivity index (χ0n) is 24.0. The van der Waals surface area contributed by atoms with Crippen LogP contribution in [0.1, 0.15) is 50.7 Å². The molecule has 3 aromatic heterocycles. The Hall–Kier alpha value is -4.48. The summed E-state index contributed by atoms with van der Waals surface area (Å²) in [6.07, 6.45) is 4.41. The van der Waals surface area contributed by atoms with Crippen LogP contribution in [0.25, 0.3) is 16.6 Å². The van der Waals surface area contributed by atoms with Crippen molar-refractivity contribution >= 4 is 39.9 Å². The Labute approximate surface area is 236 Å². The number of carbonyl (C=O) groups is 2. The number of fused-ring (bicyclic) bond motifs is 2. The van der Waals surface area contributed by atoms with Gasteiger partial charge in [0.25, 0.3) is 5.91 Å². The zero-order chi connectivity index (χ0) is 29.8. The maximum absolute atomic E-state index is 15.8. The number of hydrogen-bond acceptors (Lipinski definition) is 6. The topological polar surface area (TPSA) is 97.0 Å². The minimum absolute atomic E-state index is 0.127. The van der Waals surface area contributed by atoms with Gasteiger partial charge in [-0.05, 0) is 47.6 Å². The number of hydrogen-bond donors (Lipinski definition) is 1. The maximum atomic E-state index is 15.8. The van der Waals surface area contributed by atoms with Crippen molar-refractivity contribution < 1.29 is 23.1 Å². The molecular formula is C29H33F2N7O3. The van der Waals surface area contributed by atoms with E-state index in [9.17, 15) is 14.0 Å². The summed E-state index contributed by atoms with van der Waals surface area (Å²) in [5.74, 6) is -2.16. The lowest BCUT2D eigenvalue weighted by atomic mass is 10.0. The van der Waals surface area contributed by atoms with Gasteiger partial charge in [0, 0.05) is 48.8 Å². The maximum Gasteiger partial charge on any atom is 0.414 e. The van der Waals surface area contributed by atoms with Crippen LogP contribution < -0.4 is 10.2 Å². The molecule has 216 valence electrons. The van der Waals surface area contributed by atoms with Crippen molar-refractivity contribution in [3.63, 3.8) is 0 Å². The molecule has 1 aliphatic rings. The average molecular weight is 566 g/mol. The van der Waals surface area contributed by atoms with E-state index in [1.807, 2.05) is 18.7 Å². The predicted octanol–water partition coefficient (Wildman–Crippen LogP) is 5.50. The van der Waals surface area contributed by atoms with Crippen LogP contribution in [0.3, 0.4) is 0 Å². The van der Waals surface area contributed by atoms with E-state index < -0.39 is 29.2 Å². The number of benzene rings is 1. The summed E-state index contributed by atoms with van der Waals surface area (Å²) < 4.78 is 39.0. The molecule has 41 heavy (non-hydrogen) atoms. The molecule has 0 spiro atoms. The van der Waals surface area contributed by atoms with Gasteiger partial charge in [-0.1, -0.05) is 6.58 Å². The Kier molecular flexibility index (Phi) is 6.96. The molecular weight excluding hydrogens is 532 g/mol. The molecule has 0 bridgehead atoms. The van der Waals surface area contributed by atoms with Crippen LogP contribution in [0.4, 0.5) is 25.0 Å². The monoisotopic (exact) mass is 565 g/mol. The van der Waals surface area contributed by atoms with Gasteiger partial charge in [0.2, 0.25) is 0 Å². The molecule has 10 nitrogen and oxygen atoms in total. The minimum Gasteiger partial charge on any atom is -0.443 e. The van der Waals surface area contributed by atoms with Crippen LogP contribution in [0.5, 0.6) is 0 Å². The lowest BCUT2D eigenvalue weighted by Crippen LogP contribution is -2.53. The molecule has 5 rings (SSSR count). The third kappa shape index (κ3) is 5.33. The molecule has 12 heteroatoms. The number of carbonyl (C=O) groups excluding carboxylic acids is 2. The number of aryl methyl sites for hydroxylation is 2. The van der Waals surface area contributed by atoms with Crippen LogP contribution >= 0.6 is 0 Å². The molecule has 1 aliphatic heterocycles. The Morgan fingerprint density at radius 2 is 1.90 bits per heavy atom. The van der Waals surface area contributed by atoms with Crippen LogP contribution in [0.2, 0.25) is 0 Å². The Morgan fingerprint density at radius 3 is 2.56 bits per heavy atom. The van der Waals surface area contributed by atoms with E-state index in [0.29, 0.717) is 35.6 Å². The Bertz CT molecular complexity index is 1700. The highest BCUT2D eigenvalue weighted by Crippen LogP contribution is 2.35. The number of anilines is 2. The third-order valence-corrected chi connectivity index (χ3v) is 6.78. The number of imidazole rings is 1. The fourth-order valence-electron chi connectivity index (χ4n) is 5.13. The lowest BCUT2D eigenvalue weighted by molar-refractivity contribution is 0.0238. The van der Waals surface area contributed by atoms with Gasteiger partial charge in [0.15, 0.2) is 11.5 Å². The van der Waals surface area contributed by atoms with Crippen molar-refractivity contribution in [2.75, 3.05) is 23.3 Å². The number of nitrogens with zero attached hydrogens (tertiary/aromatic N) is 6. The third-order valence-electron chi connectivity index (χ3n) is 6.78. The quantitative estimate of drug-likeness (QED) is 0.351. The molecule has 1 fully saturated rings. The van der Waals surface area contributed by atoms with Crippen LogP contribution in [0.15, 0.2) is 43.0 Å². The molecule has 0 aliphatic carbocycles. The summed E-state index contributed by atoms with van der Waals surface area (Å²) in [6.45, 7) is 16.1. The van der Waals surface area contributed by atoms with Gasteiger partial charge in [-0.25, -0.2) is 18.6 Å². The number of halogens is 2. The van der Waals surface area contributed by atoms with E-state index in [0.717, 1.165) is 6.07 Å². The van der Waals surface area contributed by atoms with Crippen LogP contribution in [-0.2, 0) is 11.3 Å². The highest BCUT2D eigenvalue weighted by molar-refractivity contribution is 6.14. The zero-order valence-corrected chi connectivity index (χ0v) is 24.0. The summed E-state index contributed by atoms with van der Waals surface area (Å²) in [5, 5.41) is 7.67. The number of piperazine rings is 1. The largest absolute Gasteiger partial charge is 0.443 e. The van der Waals surface area contributed by atoms with E-state index in [1.54, 1.807) is 44.8 Å². The van der Waals surface area contributed by atoms with Crippen LogP contribution in [-0.4, -0.2) is 60.8 Å². The number of ether oxygens (including phenoxy) is 1. The molecule has 0 unspecified atom stereocenters. The lowest BCUT2D eigenvalue weighted by Gasteiger charge is -2.42. The molecule has 2 amide bonds. The number of nitrogens with one attached hydrogen (secondary N) is 1. The second-order valence-electron chi connectivity index (χ2n) is 11.3. The summed E-state index contributed by atoms with van der Waals surface area (Å²) in [7, 11) is 0. The smallest absolute Gasteiger partial charge is 0.414 e. The van der Waals surface area contributed by atoms with Crippen molar-refractivity contribution in [3.8, 4) is 0 Å². The fraction of sp³-hybridized carbons (Fsp3) is 0.379. The van der Waals surface area contributed by atoms with Gasteiger partial charge < -0.3 is 19.4 Å². The summed E-state index contributed by atoms with van der Waals surface area (Å²) in [6, 6.07) is 2.13. The van der Waals surface area contributed by atoms with Gasteiger partial charge in [-0.15, -0.1) is 0 Å². The van der Waals surface area contributed by atoms with Crippen molar-refractivity contribution in [2.45, 2.75) is 59.7 Å². The molecule has 1 N–H and O–H groups in total. The Balaban J connectivity index is 1.48. The number of pyridine rings is 1. The normalized spacial score (nSPS) is 16.1. The van der Waals surface area contributed by atoms with Gasteiger partial charge in [-0.3, -0.25) is 14.4 Å². The number of aromatic nitrogens is 4. The second-order valence-corrected chi connectivity index (χ2v) is 11.3. The van der Waals surface area contributed by atoms with E-state index in [-0.39, 0.29) is 35.0 Å². The standard InChI is InChI=1S/C29H33F2N7O3/c1-8-37-15-20-23(35-12-17(3)38(18(4)13-35)28(40)41-29(5,6)7)10-21(30)24(25(20)34-37)27(39)33-19-9-22(31)26-32-16(2)11-36(26)14-19/h9-11,14-15,18H,3,8,12-13H2,1-2,4-7H3,(H,33,39)/t18-/m1/s1. The van der Waals surface area contributed by atoms with Crippen molar-refractivity contribution in [3.05, 3.63) is 65.9 Å². The highest BCUT2D eigenvalue weighted by atomic mass is 19.1. The minimum atomic E-state index is -0.779. The fourth-order valence-corrected chi connectivity index (χ4v) is 5.13.